The molecule has 1 fully saturated rings. The second-order valence-electron chi connectivity index (χ2n) is 5.56. The van der Waals surface area contributed by atoms with Crippen molar-refractivity contribution in [2.45, 2.75) is 6.92 Å². The zero-order valence-electron chi connectivity index (χ0n) is 14.8. The van der Waals surface area contributed by atoms with Crippen LogP contribution in [-0.2, 0) is 9.53 Å². The summed E-state index contributed by atoms with van der Waals surface area (Å²) in [5.41, 5.74) is 1.91. The minimum atomic E-state index is -0.428. The van der Waals surface area contributed by atoms with Gasteiger partial charge in [0.25, 0.3) is 5.91 Å². The molecule has 1 aliphatic rings. The molecule has 0 aromatic heterocycles. The molecule has 0 saturated carbocycles. The van der Waals surface area contributed by atoms with Crippen LogP contribution in [0.3, 0.4) is 0 Å². The molecule has 0 spiro atoms. The Balaban J connectivity index is 1.81. The highest BCUT2D eigenvalue weighted by Crippen LogP contribution is 2.36. The molecular formula is C20H17NO4S2. The molecule has 1 aliphatic heterocycles. The Hall–Kier alpha value is -2.64. The third-order valence-electron chi connectivity index (χ3n) is 3.83. The van der Waals surface area contributed by atoms with Gasteiger partial charge in [0.1, 0.15) is 5.75 Å². The molecule has 2 aromatic rings. The average molecular weight is 399 g/mol. The Labute approximate surface area is 167 Å². The van der Waals surface area contributed by atoms with Crippen molar-refractivity contribution in [2.75, 3.05) is 18.6 Å². The van der Waals surface area contributed by atoms with Gasteiger partial charge in [-0.2, -0.15) is 0 Å². The smallest absolute Gasteiger partial charge is 0.337 e. The van der Waals surface area contributed by atoms with Crippen molar-refractivity contribution in [1.29, 1.82) is 0 Å². The van der Waals surface area contributed by atoms with Crippen LogP contribution in [0.25, 0.3) is 6.08 Å². The van der Waals surface area contributed by atoms with Gasteiger partial charge in [-0.05, 0) is 55.0 Å². The fraction of sp³-hybridized carbons (Fsp3) is 0.150. The van der Waals surface area contributed by atoms with Gasteiger partial charge in [-0.25, -0.2) is 4.79 Å². The monoisotopic (exact) mass is 399 g/mol. The van der Waals surface area contributed by atoms with E-state index in [9.17, 15) is 9.59 Å². The fourth-order valence-electron chi connectivity index (χ4n) is 2.53. The van der Waals surface area contributed by atoms with E-state index in [0.29, 0.717) is 27.1 Å². The number of methoxy groups -OCH3 is 1. The highest BCUT2D eigenvalue weighted by atomic mass is 32.2. The minimum absolute atomic E-state index is 0.190. The molecule has 0 bridgehead atoms. The number of amides is 1. The van der Waals surface area contributed by atoms with Gasteiger partial charge < -0.3 is 9.47 Å². The molecule has 1 heterocycles. The number of anilines is 1. The van der Waals surface area contributed by atoms with Crippen LogP contribution >= 0.6 is 24.0 Å². The maximum absolute atomic E-state index is 12.8. The second-order valence-corrected chi connectivity index (χ2v) is 7.23. The number of carbonyl (C=O) groups excluding carboxylic acids is 2. The Morgan fingerprint density at radius 3 is 2.41 bits per heavy atom. The van der Waals surface area contributed by atoms with Crippen molar-refractivity contribution < 1.29 is 19.1 Å². The van der Waals surface area contributed by atoms with Gasteiger partial charge in [0.2, 0.25) is 0 Å². The first-order valence-corrected chi connectivity index (χ1v) is 9.45. The standard InChI is InChI=1S/C20H17NO4S2/c1-3-25-16-10-4-13(5-11-16)12-17-18(22)21(20(26)27-17)15-8-6-14(7-9-15)19(23)24-2/h4-12H,3H2,1-2H3. The molecule has 0 unspecified atom stereocenters. The highest BCUT2D eigenvalue weighted by Gasteiger charge is 2.33. The van der Waals surface area contributed by atoms with E-state index in [1.165, 1.54) is 23.8 Å². The number of esters is 1. The lowest BCUT2D eigenvalue weighted by Gasteiger charge is -2.14. The molecule has 1 saturated heterocycles. The number of thiocarbonyl (C=S) groups is 1. The number of carbonyl (C=O) groups is 2. The first-order valence-electron chi connectivity index (χ1n) is 8.22. The minimum Gasteiger partial charge on any atom is -0.494 e. The molecule has 138 valence electrons. The summed E-state index contributed by atoms with van der Waals surface area (Å²) < 4.78 is 10.6. The summed E-state index contributed by atoms with van der Waals surface area (Å²) in [6.07, 6.45) is 1.80. The first kappa shape index (κ1) is 19.1. The number of hydrogen-bond acceptors (Lipinski definition) is 6. The lowest BCUT2D eigenvalue weighted by atomic mass is 10.2. The molecule has 27 heavy (non-hydrogen) atoms. The lowest BCUT2D eigenvalue weighted by Crippen LogP contribution is -2.27. The zero-order chi connectivity index (χ0) is 19.4. The largest absolute Gasteiger partial charge is 0.494 e. The zero-order valence-corrected chi connectivity index (χ0v) is 16.4. The second kappa shape index (κ2) is 8.37. The number of hydrogen-bond donors (Lipinski definition) is 0. The lowest BCUT2D eigenvalue weighted by molar-refractivity contribution is -0.113. The molecule has 7 heteroatoms. The summed E-state index contributed by atoms with van der Waals surface area (Å²) in [4.78, 5) is 26.3. The van der Waals surface area contributed by atoms with Gasteiger partial charge in [0, 0.05) is 0 Å². The normalized spacial score (nSPS) is 15.3. The van der Waals surface area contributed by atoms with Crippen LogP contribution in [0.5, 0.6) is 5.75 Å². The summed E-state index contributed by atoms with van der Waals surface area (Å²) in [6, 6.07) is 14.1. The number of thioether (sulfide) groups is 1. The summed E-state index contributed by atoms with van der Waals surface area (Å²) in [5.74, 6) is 0.167. The molecule has 1 amide bonds. The van der Waals surface area contributed by atoms with Gasteiger partial charge in [-0.3, -0.25) is 9.69 Å². The van der Waals surface area contributed by atoms with Gasteiger partial charge in [0.15, 0.2) is 4.32 Å². The van der Waals surface area contributed by atoms with Gasteiger partial charge in [0.05, 0.1) is 29.9 Å². The van der Waals surface area contributed by atoms with E-state index in [0.717, 1.165) is 11.3 Å². The fourth-order valence-corrected chi connectivity index (χ4v) is 3.83. The Morgan fingerprint density at radius 1 is 1.15 bits per heavy atom. The molecular weight excluding hydrogens is 382 g/mol. The van der Waals surface area contributed by atoms with E-state index in [4.69, 9.17) is 17.0 Å². The van der Waals surface area contributed by atoms with Gasteiger partial charge in [-0.1, -0.05) is 36.1 Å². The highest BCUT2D eigenvalue weighted by molar-refractivity contribution is 8.27. The molecule has 5 nitrogen and oxygen atoms in total. The van der Waals surface area contributed by atoms with E-state index >= 15 is 0 Å². The Morgan fingerprint density at radius 2 is 1.81 bits per heavy atom. The summed E-state index contributed by atoms with van der Waals surface area (Å²) >= 11 is 6.62. The van der Waals surface area contributed by atoms with Gasteiger partial charge in [-0.15, -0.1) is 0 Å². The predicted octanol–water partition coefficient (Wildman–Crippen LogP) is 4.28. The maximum atomic E-state index is 12.8. The number of benzene rings is 2. The van der Waals surface area contributed by atoms with Gasteiger partial charge >= 0.3 is 5.97 Å². The van der Waals surface area contributed by atoms with Crippen LogP contribution in [0, 0.1) is 0 Å². The Bertz CT molecular complexity index is 905. The van der Waals surface area contributed by atoms with Crippen molar-refractivity contribution in [3.8, 4) is 5.75 Å². The maximum Gasteiger partial charge on any atom is 0.337 e. The van der Waals surface area contributed by atoms with Crippen LogP contribution < -0.4 is 9.64 Å². The van der Waals surface area contributed by atoms with Crippen molar-refractivity contribution in [3.05, 3.63) is 64.6 Å². The quantitative estimate of drug-likeness (QED) is 0.425. The third kappa shape index (κ3) is 4.20. The SMILES string of the molecule is CCOc1ccc(C=C2SC(=S)N(c3ccc(C(=O)OC)cc3)C2=O)cc1. The third-order valence-corrected chi connectivity index (χ3v) is 5.13. The Kier molecular flexibility index (Phi) is 5.93. The number of rotatable bonds is 5. The first-order chi connectivity index (χ1) is 13.0. The summed E-state index contributed by atoms with van der Waals surface area (Å²) in [6.45, 7) is 2.53. The number of ether oxygens (including phenoxy) is 2. The van der Waals surface area contributed by atoms with Crippen molar-refractivity contribution in [2.24, 2.45) is 0 Å². The van der Waals surface area contributed by atoms with Crippen molar-refractivity contribution in [3.63, 3.8) is 0 Å². The topological polar surface area (TPSA) is 55.8 Å². The number of nitrogens with zero attached hydrogens (tertiary/aromatic N) is 1. The average Bonchev–Trinajstić information content (AvgIpc) is 2.96. The van der Waals surface area contributed by atoms with Crippen LogP contribution in [0.15, 0.2) is 53.4 Å². The molecule has 0 N–H and O–H groups in total. The summed E-state index contributed by atoms with van der Waals surface area (Å²) in [5, 5.41) is 0. The van der Waals surface area contributed by atoms with Crippen LogP contribution in [0.4, 0.5) is 5.69 Å². The van der Waals surface area contributed by atoms with E-state index in [2.05, 4.69) is 4.74 Å². The van der Waals surface area contributed by atoms with Crippen molar-refractivity contribution in [1.82, 2.24) is 0 Å². The van der Waals surface area contributed by atoms with E-state index < -0.39 is 5.97 Å². The van der Waals surface area contributed by atoms with E-state index in [1.54, 1.807) is 30.3 Å². The van der Waals surface area contributed by atoms with Crippen LogP contribution in [0.1, 0.15) is 22.8 Å². The van der Waals surface area contributed by atoms with Crippen molar-refractivity contribution >= 4 is 51.9 Å². The molecule has 2 aromatic carbocycles. The molecule has 0 aliphatic carbocycles. The molecule has 0 atom stereocenters. The van der Waals surface area contributed by atoms with Crippen LogP contribution in [-0.4, -0.2) is 29.9 Å². The van der Waals surface area contributed by atoms with Crippen LogP contribution in [0.2, 0.25) is 0 Å². The predicted molar refractivity (Wildman–Crippen MR) is 111 cm³/mol. The van der Waals surface area contributed by atoms with E-state index in [1.807, 2.05) is 31.2 Å². The molecule has 0 radical (unpaired) electrons. The summed E-state index contributed by atoms with van der Waals surface area (Å²) in [7, 11) is 1.32. The van der Waals surface area contributed by atoms with E-state index in [-0.39, 0.29) is 5.91 Å². The molecule has 3 rings (SSSR count).